The number of rotatable bonds is 5. The first-order chi connectivity index (χ1) is 11.5. The number of halogens is 2. The predicted octanol–water partition coefficient (Wildman–Crippen LogP) is 2.19. The molecule has 2 amide bonds. The molecule has 1 aliphatic carbocycles. The van der Waals surface area contributed by atoms with Gasteiger partial charge in [-0.2, -0.15) is 5.10 Å². The first kappa shape index (κ1) is 17.1. The van der Waals surface area contributed by atoms with Crippen molar-refractivity contribution in [2.45, 2.75) is 25.3 Å². The van der Waals surface area contributed by atoms with Gasteiger partial charge in [0.15, 0.2) is 5.82 Å². The third-order valence-electron chi connectivity index (χ3n) is 3.73. The van der Waals surface area contributed by atoms with Crippen LogP contribution in [-0.2, 0) is 4.79 Å². The Labute approximate surface area is 155 Å². The molecule has 2 heterocycles. The van der Waals surface area contributed by atoms with Crippen LogP contribution in [0.5, 0.6) is 0 Å². The second kappa shape index (κ2) is 6.64. The van der Waals surface area contributed by atoms with Gasteiger partial charge in [-0.1, -0.05) is 0 Å². The van der Waals surface area contributed by atoms with Gasteiger partial charge < -0.3 is 10.6 Å². The Bertz CT molecular complexity index is 801. The molecule has 0 unspecified atom stereocenters. The summed E-state index contributed by atoms with van der Waals surface area (Å²) in [5.41, 5.74) is -0.507. The molecule has 0 saturated heterocycles. The maximum Gasteiger partial charge on any atom is 0.270 e. The van der Waals surface area contributed by atoms with E-state index >= 15 is 0 Å². The molecule has 2 aromatic heterocycles. The van der Waals surface area contributed by atoms with Gasteiger partial charge in [-0.15, -0.1) is 0 Å². The van der Waals surface area contributed by atoms with Crippen molar-refractivity contribution in [3.63, 3.8) is 0 Å². The maximum atomic E-state index is 12.7. The molecule has 2 aromatic rings. The standard InChI is InChI=1S/C15H15Br2N5O2/c1-2-18-14(24)15(5-6-15)20-13(23)10-8-11(17)21-22(10)12-9(16)4-3-7-19-12/h3-4,7-8H,2,5-6H2,1H3,(H,18,24)(H,20,23). The Kier molecular flexibility index (Phi) is 4.73. The molecule has 0 radical (unpaired) electrons. The van der Waals surface area contributed by atoms with E-state index in [0.717, 1.165) is 0 Å². The highest BCUT2D eigenvalue weighted by Gasteiger charge is 2.51. The first-order valence-electron chi connectivity index (χ1n) is 7.44. The average Bonchev–Trinajstić information content (AvgIpc) is 3.22. The summed E-state index contributed by atoms with van der Waals surface area (Å²) in [4.78, 5) is 29.1. The van der Waals surface area contributed by atoms with Crippen LogP contribution >= 0.6 is 31.9 Å². The highest BCUT2D eigenvalue weighted by molar-refractivity contribution is 9.10. The largest absolute Gasteiger partial charge is 0.354 e. The van der Waals surface area contributed by atoms with Gasteiger partial charge in [-0.25, -0.2) is 9.67 Å². The van der Waals surface area contributed by atoms with Crippen LogP contribution in [0.15, 0.2) is 33.5 Å². The van der Waals surface area contributed by atoms with Crippen LogP contribution in [0.3, 0.4) is 0 Å². The van der Waals surface area contributed by atoms with Gasteiger partial charge in [-0.3, -0.25) is 9.59 Å². The van der Waals surface area contributed by atoms with E-state index in [0.29, 0.717) is 40.0 Å². The Hall–Kier alpha value is -1.74. The summed E-state index contributed by atoms with van der Waals surface area (Å²) in [6, 6.07) is 5.20. The van der Waals surface area contributed by atoms with Gasteiger partial charge >= 0.3 is 0 Å². The maximum absolute atomic E-state index is 12.7. The summed E-state index contributed by atoms with van der Waals surface area (Å²) in [6.07, 6.45) is 2.88. The molecule has 0 aromatic carbocycles. The fourth-order valence-corrected chi connectivity index (χ4v) is 3.15. The number of hydrogen-bond donors (Lipinski definition) is 2. The lowest BCUT2D eigenvalue weighted by atomic mass is 10.2. The van der Waals surface area contributed by atoms with Crippen molar-refractivity contribution < 1.29 is 9.59 Å². The zero-order valence-corrected chi connectivity index (χ0v) is 16.0. The van der Waals surface area contributed by atoms with E-state index < -0.39 is 5.54 Å². The summed E-state index contributed by atoms with van der Waals surface area (Å²) in [5.74, 6) is -0.0202. The summed E-state index contributed by atoms with van der Waals surface area (Å²) in [5, 5.41) is 9.87. The Morgan fingerprint density at radius 1 is 1.38 bits per heavy atom. The van der Waals surface area contributed by atoms with E-state index in [-0.39, 0.29) is 11.8 Å². The van der Waals surface area contributed by atoms with Crippen LogP contribution in [0.4, 0.5) is 0 Å². The third-order valence-corrected chi connectivity index (χ3v) is 4.73. The number of likely N-dealkylation sites (N-methyl/N-ethyl adjacent to an activating group) is 1. The molecule has 7 nitrogen and oxygen atoms in total. The monoisotopic (exact) mass is 455 g/mol. The van der Waals surface area contributed by atoms with E-state index in [4.69, 9.17) is 0 Å². The van der Waals surface area contributed by atoms with Gasteiger partial charge in [0.25, 0.3) is 5.91 Å². The number of carbonyl (C=O) groups is 2. The normalized spacial score (nSPS) is 15.0. The average molecular weight is 457 g/mol. The summed E-state index contributed by atoms with van der Waals surface area (Å²) >= 11 is 6.70. The zero-order chi connectivity index (χ0) is 17.3. The first-order valence-corrected chi connectivity index (χ1v) is 9.03. The minimum Gasteiger partial charge on any atom is -0.354 e. The Morgan fingerprint density at radius 2 is 2.12 bits per heavy atom. The van der Waals surface area contributed by atoms with Crippen molar-refractivity contribution in [2.24, 2.45) is 0 Å². The molecule has 3 rings (SSSR count). The van der Waals surface area contributed by atoms with Crippen LogP contribution in [0.25, 0.3) is 5.82 Å². The van der Waals surface area contributed by atoms with Gasteiger partial charge in [0.05, 0.1) is 4.47 Å². The lowest BCUT2D eigenvalue weighted by Crippen LogP contribution is -2.49. The number of nitrogens with zero attached hydrogens (tertiary/aromatic N) is 3. The molecule has 1 fully saturated rings. The minimum absolute atomic E-state index is 0.150. The van der Waals surface area contributed by atoms with E-state index in [9.17, 15) is 9.59 Å². The highest BCUT2D eigenvalue weighted by atomic mass is 79.9. The molecule has 0 aliphatic heterocycles. The number of aromatic nitrogens is 3. The second-order valence-corrected chi connectivity index (χ2v) is 7.14. The molecule has 24 heavy (non-hydrogen) atoms. The van der Waals surface area contributed by atoms with E-state index in [1.54, 1.807) is 18.3 Å². The molecule has 126 valence electrons. The topological polar surface area (TPSA) is 88.9 Å². The number of pyridine rings is 1. The van der Waals surface area contributed by atoms with Crippen molar-refractivity contribution in [2.75, 3.05) is 6.54 Å². The van der Waals surface area contributed by atoms with Crippen LogP contribution < -0.4 is 10.6 Å². The summed E-state index contributed by atoms with van der Waals surface area (Å²) < 4.78 is 2.66. The Balaban J connectivity index is 1.89. The van der Waals surface area contributed by atoms with E-state index in [1.807, 2.05) is 13.0 Å². The molecule has 1 saturated carbocycles. The number of amides is 2. The molecule has 0 atom stereocenters. The van der Waals surface area contributed by atoms with Crippen molar-refractivity contribution in [3.8, 4) is 5.82 Å². The van der Waals surface area contributed by atoms with Crippen LogP contribution in [0.1, 0.15) is 30.3 Å². The van der Waals surface area contributed by atoms with E-state index in [2.05, 4.69) is 52.6 Å². The SMILES string of the molecule is CCNC(=O)C1(NC(=O)c2cc(Br)nn2-c2ncccc2Br)CC1. The molecular weight excluding hydrogens is 442 g/mol. The molecular formula is C15H15Br2N5O2. The van der Waals surface area contributed by atoms with Crippen molar-refractivity contribution >= 4 is 43.7 Å². The van der Waals surface area contributed by atoms with Crippen LogP contribution in [0.2, 0.25) is 0 Å². The quantitative estimate of drug-likeness (QED) is 0.721. The van der Waals surface area contributed by atoms with Crippen molar-refractivity contribution in [1.29, 1.82) is 0 Å². The lowest BCUT2D eigenvalue weighted by molar-refractivity contribution is -0.123. The van der Waals surface area contributed by atoms with Gasteiger partial charge in [0.2, 0.25) is 5.91 Å². The van der Waals surface area contributed by atoms with Gasteiger partial charge in [-0.05, 0) is 63.8 Å². The minimum atomic E-state index is -0.810. The lowest BCUT2D eigenvalue weighted by Gasteiger charge is -2.17. The highest BCUT2D eigenvalue weighted by Crippen LogP contribution is 2.36. The fraction of sp³-hybridized carbons (Fsp3) is 0.333. The van der Waals surface area contributed by atoms with Crippen molar-refractivity contribution in [3.05, 3.63) is 39.2 Å². The van der Waals surface area contributed by atoms with Crippen LogP contribution in [0, 0.1) is 0 Å². The molecule has 0 bridgehead atoms. The molecule has 9 heteroatoms. The number of carbonyl (C=O) groups excluding carboxylic acids is 2. The fourth-order valence-electron chi connectivity index (χ4n) is 2.35. The summed E-state index contributed by atoms with van der Waals surface area (Å²) in [7, 11) is 0. The van der Waals surface area contributed by atoms with Gasteiger partial charge in [0.1, 0.15) is 15.8 Å². The summed E-state index contributed by atoms with van der Waals surface area (Å²) in [6.45, 7) is 2.38. The second-order valence-electron chi connectivity index (χ2n) is 5.47. The van der Waals surface area contributed by atoms with Crippen molar-refractivity contribution in [1.82, 2.24) is 25.4 Å². The molecule has 0 spiro atoms. The van der Waals surface area contributed by atoms with E-state index in [1.165, 1.54) is 4.68 Å². The third kappa shape index (κ3) is 3.23. The molecule has 1 aliphatic rings. The van der Waals surface area contributed by atoms with Gasteiger partial charge in [0, 0.05) is 18.8 Å². The number of nitrogens with one attached hydrogen (secondary N) is 2. The number of hydrogen-bond acceptors (Lipinski definition) is 4. The smallest absolute Gasteiger partial charge is 0.270 e. The predicted molar refractivity (Wildman–Crippen MR) is 94.9 cm³/mol. The molecule has 2 N–H and O–H groups in total. The van der Waals surface area contributed by atoms with Crippen LogP contribution in [-0.4, -0.2) is 38.7 Å². The zero-order valence-electron chi connectivity index (χ0n) is 12.8. The Morgan fingerprint density at radius 3 is 2.75 bits per heavy atom.